The second-order valence-corrected chi connectivity index (χ2v) is 20.1. The Bertz CT molecular complexity index is 4210. The molecule has 14 rings (SSSR count). The van der Waals surface area contributed by atoms with Crippen molar-refractivity contribution in [2.45, 2.75) is 0 Å². The van der Waals surface area contributed by atoms with Gasteiger partial charge in [-0.25, -0.2) is 0 Å². The van der Waals surface area contributed by atoms with Crippen LogP contribution in [0.25, 0.3) is 93.6 Å². The second kappa shape index (κ2) is 14.9. The van der Waals surface area contributed by atoms with E-state index in [2.05, 4.69) is 222 Å². The number of hydrogen-bond acceptors (Lipinski definition) is 6. The number of thiophene rings is 3. The number of fused-ring (bicyclic) bond motifs is 12. The van der Waals surface area contributed by atoms with Crippen molar-refractivity contribution < 1.29 is 4.42 Å². The minimum absolute atomic E-state index is 0.859. The van der Waals surface area contributed by atoms with Crippen LogP contribution in [-0.2, 0) is 0 Å². The van der Waals surface area contributed by atoms with Crippen molar-refractivity contribution in [3.05, 3.63) is 218 Å². The number of anilines is 6. The minimum Gasteiger partial charge on any atom is -0.454 e. The zero-order valence-corrected chi connectivity index (χ0v) is 37.8. The quantitative estimate of drug-likeness (QED) is 0.159. The van der Waals surface area contributed by atoms with Gasteiger partial charge in [0.05, 0.1) is 16.1 Å². The molecule has 4 heterocycles. The maximum atomic E-state index is 6.69. The molecule has 0 fully saturated rings. The summed E-state index contributed by atoms with van der Waals surface area (Å²) in [4.78, 5) is 4.80. The molecule has 0 bridgehead atoms. The van der Waals surface area contributed by atoms with Crippen LogP contribution in [-0.4, -0.2) is 0 Å². The first-order chi connectivity index (χ1) is 32.7. The van der Waals surface area contributed by atoms with Gasteiger partial charge < -0.3 is 14.2 Å². The van der Waals surface area contributed by atoms with Gasteiger partial charge in [-0.3, -0.25) is 0 Å². The highest BCUT2D eigenvalue weighted by Crippen LogP contribution is 2.49. The molecule has 0 saturated carbocycles. The SMILES string of the molecule is c1ccc(N(c2cccc(N(c3ccc4sc5ccccc5c4c3)c3cccc4c3sc3ccc(-c5ccc6sc7ccccc7c6c5)cc34)c2)c2cccc3c2oc2ccccc23)cc1. The van der Waals surface area contributed by atoms with E-state index in [0.717, 1.165) is 56.1 Å². The molecule has 66 heavy (non-hydrogen) atoms. The van der Waals surface area contributed by atoms with Gasteiger partial charge in [0.1, 0.15) is 5.58 Å². The average Bonchev–Trinajstić information content (AvgIpc) is 4.15. The lowest BCUT2D eigenvalue weighted by atomic mass is 10.0. The van der Waals surface area contributed by atoms with Crippen molar-refractivity contribution in [1.29, 1.82) is 0 Å². The highest BCUT2D eigenvalue weighted by molar-refractivity contribution is 7.27. The Morgan fingerprint density at radius 3 is 1.50 bits per heavy atom. The third-order valence-corrected chi connectivity index (χ3v) is 16.5. The van der Waals surface area contributed by atoms with E-state index < -0.39 is 0 Å². The summed E-state index contributed by atoms with van der Waals surface area (Å²) in [6.45, 7) is 0. The first kappa shape index (κ1) is 37.6. The molecular formula is C60H36N2OS3. The van der Waals surface area contributed by atoms with Gasteiger partial charge in [-0.2, -0.15) is 0 Å². The van der Waals surface area contributed by atoms with E-state index in [1.54, 1.807) is 0 Å². The van der Waals surface area contributed by atoms with Crippen LogP contribution in [0.4, 0.5) is 34.1 Å². The lowest BCUT2D eigenvalue weighted by Crippen LogP contribution is -2.13. The van der Waals surface area contributed by atoms with Crippen molar-refractivity contribution >= 4 is 151 Å². The summed E-state index contributed by atoms with van der Waals surface area (Å²) < 4.78 is 14.4. The Morgan fingerprint density at radius 1 is 0.288 bits per heavy atom. The Balaban J connectivity index is 0.968. The van der Waals surface area contributed by atoms with E-state index in [1.165, 1.54) is 71.6 Å². The molecule has 0 aliphatic heterocycles. The molecule has 0 atom stereocenters. The van der Waals surface area contributed by atoms with Gasteiger partial charge in [0, 0.05) is 89.3 Å². The molecule has 310 valence electrons. The minimum atomic E-state index is 0.859. The number of benzene rings is 10. The normalized spacial score (nSPS) is 11.9. The maximum absolute atomic E-state index is 6.69. The Kier molecular flexibility index (Phi) is 8.50. The number of nitrogens with zero attached hydrogens (tertiary/aromatic N) is 2. The summed E-state index contributed by atoms with van der Waals surface area (Å²) >= 11 is 5.59. The van der Waals surface area contributed by atoms with Crippen LogP contribution in [0.5, 0.6) is 0 Å². The predicted molar refractivity (Wildman–Crippen MR) is 287 cm³/mol. The lowest BCUT2D eigenvalue weighted by molar-refractivity contribution is 0.669. The van der Waals surface area contributed by atoms with Crippen molar-refractivity contribution in [3.8, 4) is 11.1 Å². The summed E-state index contributed by atoms with van der Waals surface area (Å²) in [5, 5.41) is 9.91. The van der Waals surface area contributed by atoms with Gasteiger partial charge in [0.2, 0.25) is 0 Å². The summed E-state index contributed by atoms with van der Waals surface area (Å²) in [5.41, 5.74) is 10.6. The Hall–Kier alpha value is -7.74. The molecule has 0 aliphatic carbocycles. The summed E-state index contributed by atoms with van der Waals surface area (Å²) in [6, 6.07) is 79.7. The van der Waals surface area contributed by atoms with Crippen LogP contribution in [0.15, 0.2) is 223 Å². The number of hydrogen-bond donors (Lipinski definition) is 0. The summed E-state index contributed by atoms with van der Waals surface area (Å²) in [7, 11) is 0. The van der Waals surface area contributed by atoms with Crippen LogP contribution in [0.3, 0.4) is 0 Å². The van der Waals surface area contributed by atoms with E-state index in [-0.39, 0.29) is 0 Å². The van der Waals surface area contributed by atoms with E-state index in [4.69, 9.17) is 4.42 Å². The maximum Gasteiger partial charge on any atom is 0.159 e. The predicted octanol–water partition coefficient (Wildman–Crippen LogP) is 19.3. The zero-order chi connectivity index (χ0) is 43.3. The molecule has 4 aromatic heterocycles. The third kappa shape index (κ3) is 5.93. The standard InChI is InChI=1S/C60H36N2OS3/c1-2-13-39(14-3-1)61(51-22-11-20-46-43-17-4-7-24-53(43)63-59(46)51)40-15-10-16-41(35-40)62(42-29-32-57-50(36-42)45-19-6-9-26-55(45)65-57)52-23-12-21-47-49-34-38(28-31-58(49)66-60(47)52)37-27-30-56-48(33-37)44-18-5-8-25-54(44)64-56/h1-36H. The first-order valence-corrected chi connectivity index (χ1v) is 24.6. The Labute approximate surface area is 391 Å². The zero-order valence-electron chi connectivity index (χ0n) is 35.3. The smallest absolute Gasteiger partial charge is 0.159 e. The molecule has 0 unspecified atom stereocenters. The van der Waals surface area contributed by atoms with Crippen molar-refractivity contribution in [2.24, 2.45) is 0 Å². The second-order valence-electron chi connectivity index (χ2n) is 16.8. The molecule has 0 radical (unpaired) electrons. The molecule has 10 aromatic carbocycles. The molecule has 0 amide bonds. The topological polar surface area (TPSA) is 19.6 Å². The summed E-state index contributed by atoms with van der Waals surface area (Å²) in [5.74, 6) is 0. The molecule has 6 heteroatoms. The van der Waals surface area contributed by atoms with E-state index >= 15 is 0 Å². The molecule has 0 aliphatic rings. The van der Waals surface area contributed by atoms with E-state index in [1.807, 2.05) is 40.1 Å². The largest absolute Gasteiger partial charge is 0.454 e. The fourth-order valence-corrected chi connectivity index (χ4v) is 13.4. The highest BCUT2D eigenvalue weighted by Gasteiger charge is 2.23. The van der Waals surface area contributed by atoms with Crippen molar-refractivity contribution in [2.75, 3.05) is 9.80 Å². The molecular weight excluding hydrogens is 861 g/mol. The molecule has 0 N–H and O–H groups in total. The van der Waals surface area contributed by atoms with Crippen LogP contribution in [0, 0.1) is 0 Å². The van der Waals surface area contributed by atoms with Crippen LogP contribution < -0.4 is 9.80 Å². The number of rotatable bonds is 7. The lowest BCUT2D eigenvalue weighted by Gasteiger charge is -2.29. The molecule has 0 saturated heterocycles. The van der Waals surface area contributed by atoms with Gasteiger partial charge in [0.15, 0.2) is 5.58 Å². The fourth-order valence-electron chi connectivity index (χ4n) is 10.0. The monoisotopic (exact) mass is 896 g/mol. The van der Waals surface area contributed by atoms with Gasteiger partial charge in [0.25, 0.3) is 0 Å². The first-order valence-electron chi connectivity index (χ1n) is 22.1. The van der Waals surface area contributed by atoms with Gasteiger partial charge in [-0.1, -0.05) is 115 Å². The van der Waals surface area contributed by atoms with Gasteiger partial charge >= 0.3 is 0 Å². The fraction of sp³-hybridized carbons (Fsp3) is 0. The van der Waals surface area contributed by atoms with E-state index in [0.29, 0.717) is 0 Å². The Morgan fingerprint density at radius 2 is 0.773 bits per heavy atom. The van der Waals surface area contributed by atoms with E-state index in [9.17, 15) is 0 Å². The third-order valence-electron chi connectivity index (χ3n) is 13.0. The molecule has 0 spiro atoms. The number of para-hydroxylation sites is 3. The van der Waals surface area contributed by atoms with Crippen molar-refractivity contribution in [3.63, 3.8) is 0 Å². The summed E-state index contributed by atoms with van der Waals surface area (Å²) in [6.07, 6.45) is 0. The van der Waals surface area contributed by atoms with Crippen LogP contribution >= 0.6 is 34.0 Å². The number of furan rings is 1. The molecule has 3 nitrogen and oxygen atoms in total. The van der Waals surface area contributed by atoms with Gasteiger partial charge in [-0.05, 0) is 114 Å². The average molecular weight is 897 g/mol. The van der Waals surface area contributed by atoms with Gasteiger partial charge in [-0.15, -0.1) is 34.0 Å². The highest BCUT2D eigenvalue weighted by atomic mass is 32.1. The van der Waals surface area contributed by atoms with Crippen LogP contribution in [0.2, 0.25) is 0 Å². The van der Waals surface area contributed by atoms with Crippen LogP contribution in [0.1, 0.15) is 0 Å². The van der Waals surface area contributed by atoms with Crippen molar-refractivity contribution in [1.82, 2.24) is 0 Å². The molecule has 14 aromatic rings.